The van der Waals surface area contributed by atoms with Crippen molar-refractivity contribution in [3.8, 4) is 5.75 Å². The number of esters is 2. The average molecular weight is 610 g/mol. The first kappa shape index (κ1) is 30.8. The Morgan fingerprint density at radius 1 is 1.11 bits per heavy atom. The van der Waals surface area contributed by atoms with Gasteiger partial charge in [-0.25, -0.2) is 4.79 Å². The molecule has 0 amide bonds. The molecule has 0 saturated heterocycles. The van der Waals surface area contributed by atoms with Gasteiger partial charge in [0.2, 0.25) is 0 Å². The summed E-state index contributed by atoms with van der Waals surface area (Å²) < 4.78 is 24.2. The van der Waals surface area contributed by atoms with Crippen molar-refractivity contribution in [1.29, 1.82) is 0 Å². The molecule has 10 heteroatoms. The topological polar surface area (TPSA) is 145 Å². The molecule has 1 aromatic rings. The smallest absolute Gasteiger partial charge is 0.345 e. The molecule has 44 heavy (non-hydrogen) atoms. The number of hydrogen-bond donors (Lipinski definition) is 2. The number of nitrogens with zero attached hydrogens (tertiary/aromatic N) is 1. The second-order valence-electron chi connectivity index (χ2n) is 14.0. The van der Waals surface area contributed by atoms with Crippen LogP contribution in [0.2, 0.25) is 0 Å². The fourth-order valence-electron chi connectivity index (χ4n) is 8.32. The standard InChI is InChI=1S/C34H43NO9/c1-6-18(16-35-7-2)21-14-22-26(31(40)42-21)27(37)28-32(3)13-12-25(43-30(39)20-10-11-20)33(4,17-41-29(38)19-8-9-19)23(32)15-24(36)34(28,5)44-22/h6-7,14,16,19-20,23-25,27-28,36-37H,1,8-13,15,17H2,2-5H3/b18-16+,35-7?/t23-,24+,25+,27+,28-,32+,33?,34-/m1/s1. The Bertz CT molecular complexity index is 1470. The fraction of sp³-hybridized carbons (Fsp3) is 0.647. The summed E-state index contributed by atoms with van der Waals surface area (Å²) >= 11 is 0. The van der Waals surface area contributed by atoms with Crippen molar-refractivity contribution < 1.29 is 38.4 Å². The van der Waals surface area contributed by atoms with Crippen molar-refractivity contribution in [3.05, 3.63) is 46.7 Å². The molecule has 2 heterocycles. The van der Waals surface area contributed by atoms with E-state index >= 15 is 0 Å². The van der Waals surface area contributed by atoms with Crippen LogP contribution < -0.4 is 10.4 Å². The molecule has 1 aliphatic heterocycles. The number of allylic oxidation sites excluding steroid dienone is 2. The molecule has 0 radical (unpaired) electrons. The van der Waals surface area contributed by atoms with Crippen molar-refractivity contribution in [1.82, 2.24) is 0 Å². The van der Waals surface area contributed by atoms with Gasteiger partial charge in [-0.2, -0.15) is 0 Å². The van der Waals surface area contributed by atoms with Gasteiger partial charge in [-0.05, 0) is 70.1 Å². The van der Waals surface area contributed by atoms with E-state index in [1.165, 1.54) is 18.3 Å². The molecule has 0 bridgehead atoms. The third kappa shape index (κ3) is 4.94. The number of rotatable bonds is 8. The summed E-state index contributed by atoms with van der Waals surface area (Å²) in [5.74, 6) is -1.42. The minimum atomic E-state index is -1.31. The van der Waals surface area contributed by atoms with Gasteiger partial charge < -0.3 is 28.8 Å². The highest BCUT2D eigenvalue weighted by atomic mass is 16.6. The summed E-state index contributed by atoms with van der Waals surface area (Å²) in [6.45, 7) is 11.3. The van der Waals surface area contributed by atoms with E-state index in [0.29, 0.717) is 18.4 Å². The van der Waals surface area contributed by atoms with Crippen molar-refractivity contribution in [3.63, 3.8) is 0 Å². The molecule has 10 nitrogen and oxygen atoms in total. The summed E-state index contributed by atoms with van der Waals surface area (Å²) in [6.07, 6.45) is 6.20. The van der Waals surface area contributed by atoms with Crippen molar-refractivity contribution in [2.24, 2.45) is 39.5 Å². The molecular formula is C34H43NO9. The quantitative estimate of drug-likeness (QED) is 0.247. The van der Waals surface area contributed by atoms with Gasteiger partial charge in [-0.15, -0.1) is 0 Å². The minimum Gasteiger partial charge on any atom is -0.484 e. The molecule has 1 unspecified atom stereocenters. The van der Waals surface area contributed by atoms with Crippen molar-refractivity contribution in [2.45, 2.75) is 96.6 Å². The number of ether oxygens (including phenoxy) is 3. The number of carbonyl (C=O) groups is 2. The summed E-state index contributed by atoms with van der Waals surface area (Å²) in [4.78, 5) is 43.1. The van der Waals surface area contributed by atoms with E-state index in [9.17, 15) is 24.6 Å². The van der Waals surface area contributed by atoms with Crippen LogP contribution in [-0.2, 0) is 19.1 Å². The number of aliphatic hydroxyl groups excluding tert-OH is 2. The maximum Gasteiger partial charge on any atom is 0.345 e. The first-order chi connectivity index (χ1) is 20.9. The third-order valence-electron chi connectivity index (χ3n) is 11.1. The van der Waals surface area contributed by atoms with E-state index in [-0.39, 0.29) is 59.8 Å². The lowest BCUT2D eigenvalue weighted by atomic mass is 9.42. The molecule has 4 saturated carbocycles. The largest absolute Gasteiger partial charge is 0.484 e. The van der Waals surface area contributed by atoms with Gasteiger partial charge in [0, 0.05) is 35.4 Å². The number of aliphatic hydroxyl groups is 2. The first-order valence-corrected chi connectivity index (χ1v) is 15.8. The van der Waals surface area contributed by atoms with Crippen LogP contribution in [0.15, 0.2) is 39.1 Å². The van der Waals surface area contributed by atoms with Gasteiger partial charge in [0.1, 0.15) is 35.4 Å². The zero-order chi connectivity index (χ0) is 31.6. The van der Waals surface area contributed by atoms with Gasteiger partial charge in [-0.3, -0.25) is 14.6 Å². The van der Waals surface area contributed by atoms with Crippen LogP contribution in [0.3, 0.4) is 0 Å². The summed E-state index contributed by atoms with van der Waals surface area (Å²) in [5.41, 5.74) is -3.08. The van der Waals surface area contributed by atoms with Crippen LogP contribution in [-0.4, -0.2) is 52.8 Å². The maximum absolute atomic E-state index is 13.4. The first-order valence-electron chi connectivity index (χ1n) is 15.8. The van der Waals surface area contributed by atoms with E-state index < -0.39 is 46.3 Å². The van der Waals surface area contributed by atoms with Crippen molar-refractivity contribution in [2.75, 3.05) is 6.61 Å². The number of aliphatic imine (C=N–C) groups is 1. The van der Waals surface area contributed by atoms with Crippen LogP contribution in [0.1, 0.15) is 90.1 Å². The molecule has 8 atom stereocenters. The van der Waals surface area contributed by atoms with Gasteiger partial charge in [0.25, 0.3) is 0 Å². The Hall–Kier alpha value is -3.24. The summed E-state index contributed by atoms with van der Waals surface area (Å²) in [7, 11) is 0. The Balaban J connectivity index is 1.39. The van der Waals surface area contributed by atoms with Crippen molar-refractivity contribution >= 4 is 23.7 Å². The minimum absolute atomic E-state index is 0.00291. The van der Waals surface area contributed by atoms with E-state index in [1.54, 1.807) is 20.1 Å². The van der Waals surface area contributed by atoms with Gasteiger partial charge in [-0.1, -0.05) is 26.5 Å². The lowest BCUT2D eigenvalue weighted by molar-refractivity contribution is -0.267. The van der Waals surface area contributed by atoms with Crippen LogP contribution in [0, 0.1) is 34.5 Å². The summed E-state index contributed by atoms with van der Waals surface area (Å²) in [5, 5.41) is 23.9. The Morgan fingerprint density at radius 3 is 2.43 bits per heavy atom. The molecule has 4 fully saturated rings. The second-order valence-corrected chi connectivity index (χ2v) is 14.0. The van der Waals surface area contributed by atoms with E-state index in [4.69, 9.17) is 18.6 Å². The molecule has 0 aromatic carbocycles. The third-order valence-corrected chi connectivity index (χ3v) is 11.1. The van der Waals surface area contributed by atoms with Gasteiger partial charge >= 0.3 is 17.6 Å². The zero-order valence-corrected chi connectivity index (χ0v) is 25.9. The van der Waals surface area contributed by atoms with Crippen LogP contribution in [0.4, 0.5) is 0 Å². The van der Waals surface area contributed by atoms with Gasteiger partial charge in [0.05, 0.1) is 24.0 Å². The Labute approximate surface area is 257 Å². The Morgan fingerprint density at radius 2 is 1.80 bits per heavy atom. The van der Waals surface area contributed by atoms with Crippen LogP contribution >= 0.6 is 0 Å². The zero-order valence-electron chi connectivity index (χ0n) is 25.9. The molecule has 1 aromatic heterocycles. The second kappa shape index (κ2) is 11.0. The molecular weight excluding hydrogens is 566 g/mol. The molecule has 4 aliphatic carbocycles. The predicted molar refractivity (Wildman–Crippen MR) is 161 cm³/mol. The lowest BCUT2D eigenvalue weighted by Gasteiger charge is -2.66. The lowest BCUT2D eigenvalue weighted by Crippen LogP contribution is -2.71. The van der Waals surface area contributed by atoms with E-state index in [2.05, 4.69) is 11.6 Å². The molecule has 0 spiro atoms. The number of fused-ring (bicyclic) bond motifs is 4. The molecule has 5 aliphatic rings. The fourth-order valence-corrected chi connectivity index (χ4v) is 8.32. The van der Waals surface area contributed by atoms with Crippen LogP contribution in [0.25, 0.3) is 5.57 Å². The SMILES string of the molecule is C=C/C(=C\N=CC)c1cc2c(c(=O)o1)[C@H](O)[C@@H]1[C@@]3(C)CC[C@H](OC(=O)C4CC4)C(C)(COC(=O)C4CC4)[C@@H]3C[C@H](O)[C@@]1(C)O2. The van der Waals surface area contributed by atoms with Gasteiger partial charge in [0.15, 0.2) is 0 Å². The normalized spacial score (nSPS) is 38.1. The highest BCUT2D eigenvalue weighted by Crippen LogP contribution is 2.67. The van der Waals surface area contributed by atoms with E-state index in [0.717, 1.165) is 25.7 Å². The molecule has 2 N–H and O–H groups in total. The molecule has 238 valence electrons. The molecule has 6 rings (SSSR count). The number of hydrogen-bond acceptors (Lipinski definition) is 10. The highest BCUT2D eigenvalue weighted by molar-refractivity contribution is 5.76. The Kier molecular flexibility index (Phi) is 7.68. The van der Waals surface area contributed by atoms with Crippen LogP contribution in [0.5, 0.6) is 5.75 Å². The monoisotopic (exact) mass is 609 g/mol. The highest BCUT2D eigenvalue weighted by Gasteiger charge is 2.70. The predicted octanol–water partition coefficient (Wildman–Crippen LogP) is 4.52. The maximum atomic E-state index is 13.4. The summed E-state index contributed by atoms with van der Waals surface area (Å²) in [6, 6.07) is 1.54. The number of carbonyl (C=O) groups excluding carboxylic acids is 2. The average Bonchev–Trinajstić information content (AvgIpc) is 3.88. The van der Waals surface area contributed by atoms with E-state index in [1.807, 2.05) is 13.8 Å².